The normalized spacial score (nSPS) is 14.4. The largest absolute Gasteiger partial charge is 0.494 e. The highest BCUT2D eigenvalue weighted by Crippen LogP contribution is 2.34. The summed E-state index contributed by atoms with van der Waals surface area (Å²) in [6.07, 6.45) is 3.76. The van der Waals surface area contributed by atoms with E-state index in [1.54, 1.807) is 23.2 Å². The first-order chi connectivity index (χ1) is 16.0. The Hall–Kier alpha value is -4.06. The Kier molecular flexibility index (Phi) is 6.74. The van der Waals surface area contributed by atoms with Gasteiger partial charge in [-0.25, -0.2) is 0 Å². The van der Waals surface area contributed by atoms with E-state index in [2.05, 4.69) is 5.32 Å². The summed E-state index contributed by atoms with van der Waals surface area (Å²) >= 11 is 0. The number of hydrogen-bond donors (Lipinski definition) is 1. The van der Waals surface area contributed by atoms with Crippen LogP contribution in [0.4, 0.5) is 5.69 Å². The van der Waals surface area contributed by atoms with Gasteiger partial charge in [0.15, 0.2) is 5.75 Å². The molecule has 0 aromatic heterocycles. The maximum Gasteiger partial charge on any atom is 0.226 e. The molecule has 0 aliphatic carbocycles. The number of benzene rings is 3. The second-order valence-electron chi connectivity index (χ2n) is 7.64. The van der Waals surface area contributed by atoms with E-state index in [-0.39, 0.29) is 24.3 Å². The molecule has 1 aliphatic heterocycles. The molecule has 1 N–H and O–H groups in total. The van der Waals surface area contributed by atoms with Crippen LogP contribution >= 0.6 is 0 Å². The lowest BCUT2D eigenvalue weighted by Gasteiger charge is -2.32. The molecule has 0 saturated carbocycles. The molecule has 0 spiro atoms. The number of nitrogens with zero attached hydrogens (tertiary/aromatic N) is 1. The quantitative estimate of drug-likeness (QED) is 0.504. The van der Waals surface area contributed by atoms with E-state index >= 15 is 0 Å². The predicted molar refractivity (Wildman–Crippen MR) is 128 cm³/mol. The van der Waals surface area contributed by atoms with Gasteiger partial charge in [0.1, 0.15) is 11.5 Å². The number of amides is 2. The van der Waals surface area contributed by atoms with Gasteiger partial charge in [0.05, 0.1) is 24.8 Å². The molecule has 6 heteroatoms. The third-order valence-corrected chi connectivity index (χ3v) is 5.37. The highest BCUT2D eigenvalue weighted by molar-refractivity contribution is 5.93. The summed E-state index contributed by atoms with van der Waals surface area (Å²) in [5, 5.41) is 2.95. The number of ether oxygens (including phenoxy) is 2. The lowest BCUT2D eigenvalue weighted by Crippen LogP contribution is -2.33. The van der Waals surface area contributed by atoms with Gasteiger partial charge in [0, 0.05) is 13.1 Å². The van der Waals surface area contributed by atoms with Gasteiger partial charge in [-0.3, -0.25) is 9.59 Å². The minimum atomic E-state index is -0.372. The summed E-state index contributed by atoms with van der Waals surface area (Å²) in [6, 6.07) is 22.0. The number of para-hydroxylation sites is 2. The van der Waals surface area contributed by atoms with Crippen molar-refractivity contribution >= 4 is 23.6 Å². The molecule has 1 unspecified atom stereocenters. The van der Waals surface area contributed by atoms with Gasteiger partial charge in [-0.1, -0.05) is 36.4 Å². The summed E-state index contributed by atoms with van der Waals surface area (Å²) in [7, 11) is 0. The lowest BCUT2D eigenvalue weighted by atomic mass is 9.93. The molecular formula is C27H26N2O4. The minimum absolute atomic E-state index is 0.113. The Bertz CT molecular complexity index is 1170. The maximum absolute atomic E-state index is 13.0. The average molecular weight is 443 g/mol. The number of carbonyl (C=O) groups is 2. The second kappa shape index (κ2) is 10.0. The van der Waals surface area contributed by atoms with E-state index < -0.39 is 0 Å². The van der Waals surface area contributed by atoms with Crippen LogP contribution in [0.1, 0.15) is 37.4 Å². The molecule has 2 amide bonds. The zero-order valence-corrected chi connectivity index (χ0v) is 18.7. The smallest absolute Gasteiger partial charge is 0.226 e. The Morgan fingerprint density at radius 3 is 2.39 bits per heavy atom. The van der Waals surface area contributed by atoms with Gasteiger partial charge in [-0.2, -0.15) is 0 Å². The van der Waals surface area contributed by atoms with Crippen LogP contribution in [0.25, 0.3) is 6.08 Å². The van der Waals surface area contributed by atoms with Gasteiger partial charge in [0.2, 0.25) is 11.8 Å². The molecule has 0 saturated heterocycles. The highest BCUT2D eigenvalue weighted by atomic mass is 16.5. The molecule has 4 rings (SSSR count). The lowest BCUT2D eigenvalue weighted by molar-refractivity contribution is -0.129. The van der Waals surface area contributed by atoms with Crippen LogP contribution in [0.3, 0.4) is 0 Å². The Morgan fingerprint density at radius 1 is 0.939 bits per heavy atom. The first-order valence-corrected chi connectivity index (χ1v) is 10.9. The van der Waals surface area contributed by atoms with Gasteiger partial charge >= 0.3 is 0 Å². The molecule has 1 aliphatic rings. The van der Waals surface area contributed by atoms with Crippen molar-refractivity contribution in [3.05, 3.63) is 90.1 Å². The van der Waals surface area contributed by atoms with E-state index in [0.717, 1.165) is 16.9 Å². The summed E-state index contributed by atoms with van der Waals surface area (Å²) in [4.78, 5) is 26.8. The van der Waals surface area contributed by atoms with Gasteiger partial charge < -0.3 is 19.7 Å². The Labute approximate surface area is 193 Å². The standard InChI is InChI=1S/C27H26N2O4/c1-3-32-21-12-14-22(15-13-21)33-26-11-7-6-10-24(26)28-27(31)18-25-23-9-5-4-8-20(23)16-17-29(25)19(2)30/h4-17,25H,3,18H2,1-2H3,(H,28,31). The van der Waals surface area contributed by atoms with E-state index in [1.165, 1.54) is 6.92 Å². The van der Waals surface area contributed by atoms with Crippen LogP contribution in [0.15, 0.2) is 79.0 Å². The molecule has 1 atom stereocenters. The van der Waals surface area contributed by atoms with E-state index in [4.69, 9.17) is 9.47 Å². The third-order valence-electron chi connectivity index (χ3n) is 5.37. The highest BCUT2D eigenvalue weighted by Gasteiger charge is 2.28. The fraction of sp³-hybridized carbons (Fsp3) is 0.185. The zero-order chi connectivity index (χ0) is 23.2. The van der Waals surface area contributed by atoms with Gasteiger partial charge in [-0.15, -0.1) is 0 Å². The molecule has 33 heavy (non-hydrogen) atoms. The van der Waals surface area contributed by atoms with Gasteiger partial charge in [-0.05, 0) is 60.5 Å². The summed E-state index contributed by atoms with van der Waals surface area (Å²) < 4.78 is 11.5. The Morgan fingerprint density at radius 2 is 1.64 bits per heavy atom. The van der Waals surface area contributed by atoms with Crippen molar-refractivity contribution in [3.63, 3.8) is 0 Å². The average Bonchev–Trinajstić information content (AvgIpc) is 2.82. The first-order valence-electron chi connectivity index (χ1n) is 10.9. The summed E-state index contributed by atoms with van der Waals surface area (Å²) in [6.45, 7) is 4.03. The van der Waals surface area contributed by atoms with Crippen LogP contribution < -0.4 is 14.8 Å². The molecule has 0 bridgehead atoms. The van der Waals surface area contributed by atoms with Crippen LogP contribution in [0.5, 0.6) is 17.2 Å². The predicted octanol–water partition coefficient (Wildman–Crippen LogP) is 5.78. The van der Waals surface area contributed by atoms with Crippen molar-refractivity contribution in [1.29, 1.82) is 0 Å². The molecule has 3 aromatic carbocycles. The van der Waals surface area contributed by atoms with Crippen molar-refractivity contribution in [3.8, 4) is 17.2 Å². The molecule has 1 heterocycles. The molecule has 0 radical (unpaired) electrons. The third kappa shape index (κ3) is 5.23. The number of hydrogen-bond acceptors (Lipinski definition) is 4. The molecule has 6 nitrogen and oxygen atoms in total. The fourth-order valence-electron chi connectivity index (χ4n) is 3.85. The van der Waals surface area contributed by atoms with Crippen LogP contribution in [-0.2, 0) is 9.59 Å². The van der Waals surface area contributed by atoms with Crippen LogP contribution in [-0.4, -0.2) is 23.3 Å². The Balaban J connectivity index is 1.50. The molecule has 3 aromatic rings. The molecule has 168 valence electrons. The van der Waals surface area contributed by atoms with E-state index in [1.807, 2.05) is 73.7 Å². The van der Waals surface area contributed by atoms with Crippen molar-refractivity contribution in [2.45, 2.75) is 26.3 Å². The maximum atomic E-state index is 13.0. The second-order valence-corrected chi connectivity index (χ2v) is 7.64. The van der Waals surface area contributed by atoms with Crippen LogP contribution in [0, 0.1) is 0 Å². The molecular weight excluding hydrogens is 416 g/mol. The summed E-state index contributed by atoms with van der Waals surface area (Å²) in [5.74, 6) is 1.61. The SMILES string of the molecule is CCOc1ccc(Oc2ccccc2NC(=O)CC2c3ccccc3C=CN2C(C)=O)cc1. The van der Waals surface area contributed by atoms with Crippen molar-refractivity contribution in [1.82, 2.24) is 4.90 Å². The number of rotatable bonds is 7. The number of fused-ring (bicyclic) bond motifs is 1. The zero-order valence-electron chi connectivity index (χ0n) is 18.7. The van der Waals surface area contributed by atoms with E-state index in [0.29, 0.717) is 23.8 Å². The molecule has 0 fully saturated rings. The fourth-order valence-corrected chi connectivity index (χ4v) is 3.85. The van der Waals surface area contributed by atoms with Crippen LogP contribution in [0.2, 0.25) is 0 Å². The topological polar surface area (TPSA) is 67.9 Å². The van der Waals surface area contributed by atoms with Gasteiger partial charge in [0.25, 0.3) is 0 Å². The number of nitrogens with one attached hydrogen (secondary N) is 1. The minimum Gasteiger partial charge on any atom is -0.494 e. The number of carbonyl (C=O) groups excluding carboxylic acids is 2. The monoisotopic (exact) mass is 442 g/mol. The van der Waals surface area contributed by atoms with Crippen molar-refractivity contribution in [2.24, 2.45) is 0 Å². The van der Waals surface area contributed by atoms with Crippen molar-refractivity contribution < 1.29 is 19.1 Å². The number of anilines is 1. The first kappa shape index (κ1) is 22.1. The van der Waals surface area contributed by atoms with Crippen molar-refractivity contribution in [2.75, 3.05) is 11.9 Å². The van der Waals surface area contributed by atoms with E-state index in [9.17, 15) is 9.59 Å². The summed E-state index contributed by atoms with van der Waals surface area (Å²) in [5.41, 5.74) is 2.52.